The first-order valence-corrected chi connectivity index (χ1v) is 24.1. The van der Waals surface area contributed by atoms with Crippen LogP contribution < -0.4 is 116 Å². The molecule has 5 aromatic rings. The Morgan fingerprint density at radius 3 is 2.03 bits per heavy atom. The molecule has 4 aromatic carbocycles. The Hall–Kier alpha value is -3.35. The molecule has 344 valence electrons. The Bertz CT molecular complexity index is 3190. The van der Waals surface area contributed by atoms with Gasteiger partial charge in [-0.1, -0.05) is 6.07 Å². The molecule has 0 aliphatic carbocycles. The number of nitrogens with zero attached hydrogens (tertiary/aromatic N) is 8. The van der Waals surface area contributed by atoms with Crippen LogP contribution in [0.1, 0.15) is 10.4 Å². The molecule has 1 saturated heterocycles. The molecule has 0 spiro atoms. The smallest absolute Gasteiger partial charge is 0.744 e. The van der Waals surface area contributed by atoms with Gasteiger partial charge in [-0.3, -0.25) is 8.98 Å². The van der Waals surface area contributed by atoms with Crippen molar-refractivity contribution in [2.75, 3.05) is 65.7 Å². The maximum atomic E-state index is 13.0. The molecule has 0 radical (unpaired) electrons. The number of amides is 1. The molecule has 1 aliphatic rings. The Labute approximate surface area is 459 Å². The number of nitrogens with two attached hydrogens (primary N) is 2. The fourth-order valence-corrected chi connectivity index (χ4v) is 8.50. The van der Waals surface area contributed by atoms with Gasteiger partial charge in [0.25, 0.3) is 5.91 Å². The van der Waals surface area contributed by atoms with Crippen molar-refractivity contribution in [3.63, 3.8) is 0 Å². The van der Waals surface area contributed by atoms with E-state index in [4.69, 9.17) is 27.8 Å². The van der Waals surface area contributed by atoms with Gasteiger partial charge < -0.3 is 45.4 Å². The number of carbonyl (C=O) groups is 1. The van der Waals surface area contributed by atoms with E-state index in [-0.39, 0.29) is 133 Å². The van der Waals surface area contributed by atoms with E-state index in [2.05, 4.69) is 50.2 Å². The number of anilines is 6. The number of nitrogens with one attached hydrogen (secondary N) is 2. The van der Waals surface area contributed by atoms with Crippen LogP contribution in [0.25, 0.3) is 0 Å². The van der Waals surface area contributed by atoms with Crippen LogP contribution in [0.5, 0.6) is 0 Å². The number of morpholine rings is 1. The van der Waals surface area contributed by atoms with E-state index in [1.54, 1.807) is 4.90 Å². The minimum absolute atomic E-state index is 0. The molecule has 0 unspecified atom stereocenters. The summed E-state index contributed by atoms with van der Waals surface area (Å²) in [7, 11) is -19.8. The van der Waals surface area contributed by atoms with Crippen LogP contribution in [-0.4, -0.2) is 107 Å². The van der Waals surface area contributed by atoms with E-state index < -0.39 is 97.0 Å². The van der Waals surface area contributed by atoms with Crippen LogP contribution in [-0.2, 0) is 49.4 Å². The van der Waals surface area contributed by atoms with Gasteiger partial charge in [0.1, 0.15) is 37.3 Å². The van der Waals surface area contributed by atoms with Crippen LogP contribution >= 0.6 is 11.6 Å². The van der Waals surface area contributed by atoms with E-state index in [9.17, 15) is 52.1 Å². The molecular weight excluding hydrogens is 1030 g/mol. The quantitative estimate of drug-likeness (QED) is 0.0235. The van der Waals surface area contributed by atoms with Crippen molar-refractivity contribution in [3.8, 4) is 0 Å². The van der Waals surface area contributed by atoms with Gasteiger partial charge in [0.2, 0.25) is 27.6 Å². The Balaban J connectivity index is 0.00000408. The second-order valence-corrected chi connectivity index (χ2v) is 19.3. The number of sulfone groups is 1. The summed E-state index contributed by atoms with van der Waals surface area (Å²) < 4.78 is 140. The molecule has 6 N–H and O–H groups in total. The standard InChI is InChI=1S/C34H33ClN12O14S4.3Na/c35-32-40-33(42-34(41-32)47-10-12-60-13-11-47)39-22-8-9-26(63(51,52)53)24(17-22)44-45-25-18-27(64(54,55)56)29(37)30(28(25)36)46-43-20-6-4-19(5-7-20)31(48)38-21-2-1-3-23(16-21)62(49,50)15-14-61-65(57,58)59;;;/h1-9,16-18H,10-15,36-37H2,(H,38,48)(H,51,52,53)(H,54,55,56)(H,57,58,59)(H,39,40,41,42);;;/q;3*+1/p-3. The number of carbonyl (C=O) groups excluding carboxylic acids is 1. The molecule has 1 aromatic heterocycles. The van der Waals surface area contributed by atoms with E-state index in [1.807, 2.05) is 0 Å². The topological polar surface area (TPSA) is 409 Å². The van der Waals surface area contributed by atoms with Crippen molar-refractivity contribution in [1.29, 1.82) is 0 Å². The number of nitrogen functional groups attached to an aromatic ring is 2. The number of rotatable bonds is 16. The van der Waals surface area contributed by atoms with Crippen molar-refractivity contribution >= 4 is 115 Å². The number of ether oxygens (including phenoxy) is 1. The van der Waals surface area contributed by atoms with Crippen LogP contribution in [0.2, 0.25) is 5.28 Å². The van der Waals surface area contributed by atoms with Gasteiger partial charge in [-0.15, -0.1) is 15.3 Å². The normalized spacial score (nSPS) is 13.3. The number of halogens is 1. The summed E-state index contributed by atoms with van der Waals surface area (Å²) in [6.45, 7) is 0.836. The summed E-state index contributed by atoms with van der Waals surface area (Å²) in [6.07, 6.45) is 0. The van der Waals surface area contributed by atoms with Gasteiger partial charge >= 0.3 is 88.7 Å². The Morgan fingerprint density at radius 2 is 1.40 bits per heavy atom. The summed E-state index contributed by atoms with van der Waals surface area (Å²) in [5.41, 5.74) is 9.42. The molecule has 0 atom stereocenters. The van der Waals surface area contributed by atoms with Crippen molar-refractivity contribution in [3.05, 3.63) is 83.6 Å². The molecule has 26 nitrogen and oxygen atoms in total. The summed E-state index contributed by atoms with van der Waals surface area (Å²) in [6, 6.07) is 13.9. The number of hydrogen-bond donors (Lipinski definition) is 4. The first-order valence-electron chi connectivity index (χ1n) is 17.9. The van der Waals surface area contributed by atoms with Crippen molar-refractivity contribution in [2.24, 2.45) is 20.5 Å². The van der Waals surface area contributed by atoms with Gasteiger partial charge in [0.05, 0.1) is 57.3 Å². The third-order valence-electron chi connectivity index (χ3n) is 8.65. The molecule has 6 rings (SSSR count). The van der Waals surface area contributed by atoms with Crippen molar-refractivity contribution < 1.29 is 150 Å². The van der Waals surface area contributed by atoms with Crippen LogP contribution in [0.4, 0.5) is 57.4 Å². The van der Waals surface area contributed by atoms with E-state index in [0.717, 1.165) is 18.2 Å². The molecule has 0 bridgehead atoms. The second kappa shape index (κ2) is 24.7. The second-order valence-electron chi connectivity index (χ2n) is 13.1. The summed E-state index contributed by atoms with van der Waals surface area (Å²) >= 11 is 6.12. The third-order valence-corrected chi connectivity index (χ3v) is 12.7. The fraction of sp³-hybridized carbons (Fsp3) is 0.176. The third kappa shape index (κ3) is 16.1. The largest absolute Gasteiger partial charge is 1.00 e. The predicted molar refractivity (Wildman–Crippen MR) is 226 cm³/mol. The Morgan fingerprint density at radius 1 is 0.750 bits per heavy atom. The minimum atomic E-state index is -5.36. The van der Waals surface area contributed by atoms with E-state index >= 15 is 0 Å². The van der Waals surface area contributed by atoms with Crippen LogP contribution in [0.15, 0.2) is 108 Å². The van der Waals surface area contributed by atoms with Crippen molar-refractivity contribution in [2.45, 2.75) is 14.7 Å². The van der Waals surface area contributed by atoms with Crippen LogP contribution in [0.3, 0.4) is 0 Å². The van der Waals surface area contributed by atoms with Gasteiger partial charge in [0, 0.05) is 30.0 Å². The summed E-state index contributed by atoms with van der Waals surface area (Å²) in [4.78, 5) is 25.0. The molecular formula is C34H30ClN12Na3O14S4. The zero-order valence-electron chi connectivity index (χ0n) is 35.6. The maximum absolute atomic E-state index is 13.0. The van der Waals surface area contributed by atoms with E-state index in [0.29, 0.717) is 32.4 Å². The molecule has 34 heteroatoms. The molecule has 1 aliphatic heterocycles. The average Bonchev–Trinajstić information content (AvgIpc) is 3.22. The van der Waals surface area contributed by atoms with Crippen molar-refractivity contribution in [1.82, 2.24) is 15.0 Å². The number of benzene rings is 4. The zero-order valence-corrected chi connectivity index (χ0v) is 45.7. The van der Waals surface area contributed by atoms with Gasteiger partial charge in [-0.05, 0) is 78.3 Å². The maximum Gasteiger partial charge on any atom is 1.00 e. The predicted octanol–water partition coefficient (Wildman–Crippen LogP) is -5.58. The number of hydrogen-bond acceptors (Lipinski definition) is 25. The van der Waals surface area contributed by atoms with Gasteiger partial charge in [-0.25, -0.2) is 33.7 Å². The van der Waals surface area contributed by atoms with Gasteiger partial charge in [0.15, 0.2) is 9.84 Å². The SMILES string of the molecule is Nc1c(N=Nc2cc(Nc3nc(Cl)nc(N4CCOCC4)n3)ccc2S(=O)(=O)[O-])cc(S(=O)(=O)[O-])c(N)c1N=Nc1ccc(C(=O)Nc2cccc(S(=O)(=O)CCOS(=O)(=O)[O-])c2)cc1.[Na+].[Na+].[Na+]. The summed E-state index contributed by atoms with van der Waals surface area (Å²) in [5.74, 6) is -1.42. The molecule has 1 fully saturated rings. The molecule has 1 amide bonds. The fourth-order valence-electron chi connectivity index (χ4n) is 5.60. The minimum Gasteiger partial charge on any atom is -0.744 e. The number of aromatic nitrogens is 3. The van der Waals surface area contributed by atoms with Crippen LogP contribution in [0, 0.1) is 0 Å². The summed E-state index contributed by atoms with van der Waals surface area (Å²) in [5, 5.41) is 20.6. The van der Waals surface area contributed by atoms with E-state index in [1.165, 1.54) is 48.5 Å². The first-order chi connectivity index (χ1) is 30.5. The Kier molecular flexibility index (Phi) is 21.4. The molecule has 0 saturated carbocycles. The number of azo groups is 2. The molecule has 2 heterocycles. The average molecular weight is 1060 g/mol. The zero-order chi connectivity index (χ0) is 47.3. The monoisotopic (exact) mass is 1060 g/mol. The first kappa shape index (κ1) is 59.0. The van der Waals surface area contributed by atoms with Gasteiger partial charge in [-0.2, -0.15) is 20.1 Å². The molecule has 68 heavy (non-hydrogen) atoms.